The van der Waals surface area contributed by atoms with Gasteiger partial charge in [-0.25, -0.2) is 9.78 Å². The fraction of sp³-hybridized carbons (Fsp3) is 0.105. The number of carbonyl (C=O) groups excluding carboxylic acids is 1. The first-order valence-corrected chi connectivity index (χ1v) is 7.97. The zero-order chi connectivity index (χ0) is 18.3. The summed E-state index contributed by atoms with van der Waals surface area (Å²) >= 11 is 0. The number of imidazole rings is 1. The van der Waals surface area contributed by atoms with E-state index in [2.05, 4.69) is 15.3 Å². The van der Waals surface area contributed by atoms with Crippen molar-refractivity contribution in [1.29, 1.82) is 0 Å². The third-order valence-corrected chi connectivity index (χ3v) is 4.06. The van der Waals surface area contributed by atoms with Gasteiger partial charge in [0, 0.05) is 11.8 Å². The smallest absolute Gasteiger partial charge is 0.336 e. The number of H-pyrrole nitrogens is 1. The molecule has 2 N–H and O–H groups in total. The second-order valence-electron chi connectivity index (χ2n) is 5.93. The van der Waals surface area contributed by atoms with Gasteiger partial charge in [0.15, 0.2) is 11.6 Å². The molecule has 0 fully saturated rings. The van der Waals surface area contributed by atoms with Crippen LogP contribution in [-0.4, -0.2) is 15.9 Å². The van der Waals surface area contributed by atoms with Gasteiger partial charge in [0.1, 0.15) is 5.76 Å². The lowest BCUT2D eigenvalue weighted by Crippen LogP contribution is -2.17. The van der Waals surface area contributed by atoms with Crippen LogP contribution < -0.4 is 10.9 Å². The molecule has 0 bridgehead atoms. The molecule has 3 heterocycles. The van der Waals surface area contributed by atoms with Crippen LogP contribution >= 0.6 is 0 Å². The van der Waals surface area contributed by atoms with Gasteiger partial charge in [0.05, 0.1) is 22.9 Å². The van der Waals surface area contributed by atoms with Crippen LogP contribution in [0, 0.1) is 13.8 Å². The molecule has 7 heteroatoms. The average molecular weight is 349 g/mol. The Kier molecular flexibility index (Phi) is 3.69. The van der Waals surface area contributed by atoms with Gasteiger partial charge in [0.2, 0.25) is 0 Å². The summed E-state index contributed by atoms with van der Waals surface area (Å²) in [5.41, 5.74) is 2.57. The van der Waals surface area contributed by atoms with E-state index in [0.29, 0.717) is 28.4 Å². The fourth-order valence-corrected chi connectivity index (χ4v) is 2.91. The second-order valence-corrected chi connectivity index (χ2v) is 5.93. The summed E-state index contributed by atoms with van der Waals surface area (Å²) in [6.07, 6.45) is 1.58. The molecule has 4 aromatic rings. The fourth-order valence-electron chi connectivity index (χ4n) is 2.91. The molecule has 4 rings (SSSR count). The molecule has 1 amide bonds. The molecule has 0 spiro atoms. The number of amides is 1. The van der Waals surface area contributed by atoms with E-state index in [1.165, 1.54) is 6.07 Å². The van der Waals surface area contributed by atoms with Gasteiger partial charge in [-0.3, -0.25) is 4.79 Å². The molecule has 0 aliphatic rings. The van der Waals surface area contributed by atoms with Crippen molar-refractivity contribution in [2.45, 2.75) is 13.8 Å². The third kappa shape index (κ3) is 2.79. The standard InChI is InChI=1S/C19H15N3O4/c1-10-8-16(23)26-11(2)17(10)19(24)20-12-5-6-13-14(9-12)22-18(21-13)15-4-3-7-25-15/h3-9H,1-2H3,(H,20,24)(H,21,22). The van der Waals surface area contributed by atoms with Crippen LogP contribution in [0.3, 0.4) is 0 Å². The number of carbonyl (C=O) groups is 1. The normalized spacial score (nSPS) is 11.0. The summed E-state index contributed by atoms with van der Waals surface area (Å²) in [5.74, 6) is 1.20. The summed E-state index contributed by atoms with van der Waals surface area (Å²) in [5, 5.41) is 2.82. The second kappa shape index (κ2) is 6.03. The highest BCUT2D eigenvalue weighted by Crippen LogP contribution is 2.23. The lowest BCUT2D eigenvalue weighted by Gasteiger charge is -2.09. The lowest BCUT2D eigenvalue weighted by molar-refractivity contribution is 0.102. The van der Waals surface area contributed by atoms with Crippen molar-refractivity contribution in [2.75, 3.05) is 5.32 Å². The van der Waals surface area contributed by atoms with Crippen LogP contribution in [0.25, 0.3) is 22.6 Å². The number of nitrogens with zero attached hydrogens (tertiary/aromatic N) is 1. The number of rotatable bonds is 3. The van der Waals surface area contributed by atoms with Crippen molar-refractivity contribution in [1.82, 2.24) is 9.97 Å². The van der Waals surface area contributed by atoms with Crippen molar-refractivity contribution in [3.05, 3.63) is 70.0 Å². The first-order chi connectivity index (χ1) is 12.5. The molecule has 0 saturated heterocycles. The molecule has 0 saturated carbocycles. The number of nitrogens with one attached hydrogen (secondary N) is 2. The number of anilines is 1. The summed E-state index contributed by atoms with van der Waals surface area (Å²) < 4.78 is 10.4. The molecule has 26 heavy (non-hydrogen) atoms. The molecule has 3 aromatic heterocycles. The van der Waals surface area contributed by atoms with Crippen LogP contribution in [0.2, 0.25) is 0 Å². The Bertz CT molecular complexity index is 1140. The first kappa shape index (κ1) is 15.9. The molecule has 7 nitrogen and oxygen atoms in total. The highest BCUT2D eigenvalue weighted by atomic mass is 16.4. The van der Waals surface area contributed by atoms with Crippen LogP contribution in [-0.2, 0) is 0 Å². The number of hydrogen-bond acceptors (Lipinski definition) is 5. The van der Waals surface area contributed by atoms with Gasteiger partial charge in [-0.2, -0.15) is 0 Å². The number of aromatic nitrogens is 2. The van der Waals surface area contributed by atoms with Gasteiger partial charge in [-0.15, -0.1) is 0 Å². The molecule has 0 aliphatic carbocycles. The quantitative estimate of drug-likeness (QED) is 0.588. The maximum atomic E-state index is 12.6. The van der Waals surface area contributed by atoms with E-state index < -0.39 is 5.63 Å². The van der Waals surface area contributed by atoms with Crippen molar-refractivity contribution >= 4 is 22.6 Å². The van der Waals surface area contributed by atoms with Crippen LogP contribution in [0.1, 0.15) is 21.7 Å². The van der Waals surface area contributed by atoms with Gasteiger partial charge < -0.3 is 19.1 Å². The van der Waals surface area contributed by atoms with Crippen molar-refractivity contribution in [3.8, 4) is 11.6 Å². The predicted octanol–water partition coefficient (Wildman–Crippen LogP) is 3.65. The Hall–Kier alpha value is -3.61. The predicted molar refractivity (Wildman–Crippen MR) is 96.2 cm³/mol. The summed E-state index contributed by atoms with van der Waals surface area (Å²) in [6, 6.07) is 10.3. The Balaban J connectivity index is 1.65. The molecule has 130 valence electrons. The highest BCUT2D eigenvalue weighted by Gasteiger charge is 2.16. The molecular weight excluding hydrogens is 334 g/mol. The van der Waals surface area contributed by atoms with Crippen molar-refractivity contribution in [3.63, 3.8) is 0 Å². The maximum Gasteiger partial charge on any atom is 0.336 e. The van der Waals surface area contributed by atoms with E-state index in [1.54, 1.807) is 44.4 Å². The summed E-state index contributed by atoms with van der Waals surface area (Å²) in [4.78, 5) is 31.6. The molecular formula is C19H15N3O4. The molecule has 0 aliphatic heterocycles. The lowest BCUT2D eigenvalue weighted by atomic mass is 10.1. The van der Waals surface area contributed by atoms with E-state index in [0.717, 1.165) is 11.0 Å². The highest BCUT2D eigenvalue weighted by molar-refractivity contribution is 6.06. The number of fused-ring (bicyclic) bond motifs is 1. The van der Waals surface area contributed by atoms with E-state index >= 15 is 0 Å². The van der Waals surface area contributed by atoms with Crippen molar-refractivity contribution < 1.29 is 13.6 Å². The minimum absolute atomic E-state index is 0.287. The van der Waals surface area contributed by atoms with Gasteiger partial charge in [-0.1, -0.05) is 0 Å². The Labute approximate surface area is 147 Å². The summed E-state index contributed by atoms with van der Waals surface area (Å²) in [6.45, 7) is 3.30. The van der Waals surface area contributed by atoms with Gasteiger partial charge >= 0.3 is 5.63 Å². The molecule has 0 unspecified atom stereocenters. The Morgan fingerprint density at radius 1 is 1.19 bits per heavy atom. The van der Waals surface area contributed by atoms with Crippen molar-refractivity contribution in [2.24, 2.45) is 0 Å². The first-order valence-electron chi connectivity index (χ1n) is 7.97. The number of hydrogen-bond donors (Lipinski definition) is 2. The zero-order valence-electron chi connectivity index (χ0n) is 14.1. The monoisotopic (exact) mass is 349 g/mol. The SMILES string of the molecule is Cc1cc(=O)oc(C)c1C(=O)Nc1ccc2nc(-c3ccco3)[nH]c2c1. The topological polar surface area (TPSA) is 101 Å². The van der Waals surface area contributed by atoms with E-state index in [1.807, 2.05) is 6.07 Å². The minimum Gasteiger partial charge on any atom is -0.461 e. The average Bonchev–Trinajstić information content (AvgIpc) is 3.22. The van der Waals surface area contributed by atoms with Gasteiger partial charge in [-0.05, 0) is 49.7 Å². The summed E-state index contributed by atoms with van der Waals surface area (Å²) in [7, 11) is 0. The van der Waals surface area contributed by atoms with E-state index in [4.69, 9.17) is 8.83 Å². The Morgan fingerprint density at radius 2 is 2.04 bits per heavy atom. The Morgan fingerprint density at radius 3 is 2.77 bits per heavy atom. The number of furan rings is 1. The third-order valence-electron chi connectivity index (χ3n) is 4.06. The number of aromatic amines is 1. The van der Waals surface area contributed by atoms with Crippen LogP contribution in [0.4, 0.5) is 5.69 Å². The maximum absolute atomic E-state index is 12.6. The van der Waals surface area contributed by atoms with E-state index in [9.17, 15) is 9.59 Å². The number of aryl methyl sites for hydroxylation is 2. The molecule has 0 radical (unpaired) electrons. The molecule has 1 aromatic carbocycles. The molecule has 0 atom stereocenters. The van der Waals surface area contributed by atoms with Crippen LogP contribution in [0.5, 0.6) is 0 Å². The largest absolute Gasteiger partial charge is 0.461 e. The van der Waals surface area contributed by atoms with E-state index in [-0.39, 0.29) is 11.7 Å². The minimum atomic E-state index is -0.471. The van der Waals surface area contributed by atoms with Gasteiger partial charge in [0.25, 0.3) is 5.91 Å². The number of benzene rings is 1. The van der Waals surface area contributed by atoms with Crippen LogP contribution in [0.15, 0.2) is 56.3 Å². The zero-order valence-corrected chi connectivity index (χ0v) is 14.1.